The zero-order valence-corrected chi connectivity index (χ0v) is 18.7. The monoisotopic (exact) mass is 368 g/mol. The van der Waals surface area contributed by atoms with Gasteiger partial charge in [-0.15, -0.1) is 0 Å². The first-order valence-electron chi connectivity index (χ1n) is 11.5. The predicted octanol–water partition coefficient (Wildman–Crippen LogP) is 6.84. The van der Waals surface area contributed by atoms with Gasteiger partial charge in [-0.05, 0) is 93.6 Å². The number of hydrogen-bond acceptors (Lipinski definition) is 0. The molecule has 0 radical (unpaired) electrons. The van der Waals surface area contributed by atoms with Gasteiger partial charge in [0.1, 0.15) is 0 Å². The van der Waals surface area contributed by atoms with Crippen LogP contribution in [0.15, 0.2) is 36.4 Å². The fraction of sp³-hybridized carbons (Fsp3) is 0.680. The van der Waals surface area contributed by atoms with Gasteiger partial charge >= 0.3 is 0 Å². The quantitative estimate of drug-likeness (QED) is 0.365. The normalized spacial score (nSPS) is 30.4. The van der Waals surface area contributed by atoms with Crippen molar-refractivity contribution in [2.24, 2.45) is 17.8 Å². The highest BCUT2D eigenvalue weighted by Crippen LogP contribution is 2.44. The second-order valence-corrected chi connectivity index (χ2v) is 10.5. The van der Waals surface area contributed by atoms with Gasteiger partial charge in [0.15, 0.2) is 0 Å². The minimum atomic E-state index is 0.148. The number of hydrogen-bond donors (Lipinski definition) is 0. The summed E-state index contributed by atoms with van der Waals surface area (Å²) in [4.78, 5) is 0. The second-order valence-electron chi connectivity index (χ2n) is 9.03. The van der Waals surface area contributed by atoms with E-state index in [1.165, 1.54) is 70.3 Å². The van der Waals surface area contributed by atoms with Crippen LogP contribution in [0.3, 0.4) is 0 Å². The van der Waals surface area contributed by atoms with Crippen LogP contribution in [0.1, 0.15) is 88.2 Å². The molecule has 2 aliphatic rings. The van der Waals surface area contributed by atoms with Gasteiger partial charge in [-0.3, -0.25) is 0 Å². The standard InChI is InChI=1S/C25H40Si/c1-3-4-5-6-20-7-11-22(12-8-20)24-15-17-25(18-16-24)23-13-9-21(10-14-23)19-26-2/h3-4,9-10,13-14,20,22,24-25H,5-8,11-12,15-19,26H2,1-2H3. The van der Waals surface area contributed by atoms with E-state index in [2.05, 4.69) is 49.9 Å². The highest BCUT2D eigenvalue weighted by Gasteiger charge is 2.31. The summed E-state index contributed by atoms with van der Waals surface area (Å²) in [6.07, 6.45) is 19.2. The van der Waals surface area contributed by atoms with Gasteiger partial charge in [0, 0.05) is 9.52 Å². The molecule has 1 aromatic carbocycles. The molecule has 0 N–H and O–H groups in total. The molecule has 0 aliphatic heterocycles. The van der Waals surface area contributed by atoms with Gasteiger partial charge in [-0.1, -0.05) is 61.4 Å². The van der Waals surface area contributed by atoms with Crippen molar-refractivity contribution < 1.29 is 0 Å². The first-order valence-corrected chi connectivity index (χ1v) is 13.9. The largest absolute Gasteiger partial charge is 0.0917 e. The highest BCUT2D eigenvalue weighted by molar-refractivity contribution is 6.32. The van der Waals surface area contributed by atoms with E-state index in [9.17, 15) is 0 Å². The zero-order chi connectivity index (χ0) is 18.2. The number of allylic oxidation sites excluding steroid dienone is 2. The summed E-state index contributed by atoms with van der Waals surface area (Å²) >= 11 is 0. The minimum Gasteiger partial charge on any atom is -0.0917 e. The molecular formula is C25H40Si. The van der Waals surface area contributed by atoms with Crippen molar-refractivity contribution in [2.75, 3.05) is 0 Å². The summed E-state index contributed by atoms with van der Waals surface area (Å²) in [6.45, 7) is 4.55. The molecular weight excluding hydrogens is 328 g/mol. The molecule has 0 nitrogen and oxygen atoms in total. The molecule has 2 saturated carbocycles. The molecule has 144 valence electrons. The summed E-state index contributed by atoms with van der Waals surface area (Å²) in [5, 5.41) is 0. The Morgan fingerprint density at radius 3 is 2.08 bits per heavy atom. The lowest BCUT2D eigenvalue weighted by atomic mass is 9.68. The van der Waals surface area contributed by atoms with Crippen molar-refractivity contribution in [3.8, 4) is 0 Å². The zero-order valence-electron chi connectivity index (χ0n) is 17.3. The van der Waals surface area contributed by atoms with Crippen LogP contribution in [0, 0.1) is 17.8 Å². The van der Waals surface area contributed by atoms with E-state index in [1.807, 2.05) is 0 Å². The fourth-order valence-electron chi connectivity index (χ4n) is 5.62. The van der Waals surface area contributed by atoms with Gasteiger partial charge in [0.2, 0.25) is 0 Å². The third-order valence-corrected chi connectivity index (χ3v) is 8.37. The molecule has 0 amide bonds. The molecule has 0 unspecified atom stereocenters. The lowest BCUT2D eigenvalue weighted by Gasteiger charge is -2.38. The van der Waals surface area contributed by atoms with E-state index in [0.717, 1.165) is 23.7 Å². The fourth-order valence-corrected chi connectivity index (χ4v) is 6.53. The maximum Gasteiger partial charge on any atom is 0.0217 e. The van der Waals surface area contributed by atoms with Crippen LogP contribution >= 0.6 is 0 Å². The third kappa shape index (κ3) is 5.59. The maximum absolute atomic E-state index is 2.44. The Kier molecular flexibility index (Phi) is 8.04. The smallest absolute Gasteiger partial charge is 0.0217 e. The average molecular weight is 369 g/mol. The molecule has 26 heavy (non-hydrogen) atoms. The Hall–Kier alpha value is -0.823. The van der Waals surface area contributed by atoms with E-state index >= 15 is 0 Å². The molecule has 2 fully saturated rings. The van der Waals surface area contributed by atoms with Gasteiger partial charge < -0.3 is 0 Å². The summed E-state index contributed by atoms with van der Waals surface area (Å²) in [5.74, 6) is 3.94. The molecule has 0 bridgehead atoms. The van der Waals surface area contributed by atoms with Gasteiger partial charge in [-0.25, -0.2) is 0 Å². The molecule has 2 aliphatic carbocycles. The molecule has 0 saturated heterocycles. The van der Waals surface area contributed by atoms with Gasteiger partial charge in [0.05, 0.1) is 0 Å². The van der Waals surface area contributed by atoms with Crippen LogP contribution in [0.4, 0.5) is 0 Å². The second kappa shape index (κ2) is 10.5. The Bertz CT molecular complexity index is 528. The van der Waals surface area contributed by atoms with Gasteiger partial charge in [-0.2, -0.15) is 0 Å². The Morgan fingerprint density at radius 1 is 0.885 bits per heavy atom. The lowest BCUT2D eigenvalue weighted by Crippen LogP contribution is -2.25. The van der Waals surface area contributed by atoms with E-state index in [4.69, 9.17) is 0 Å². The predicted molar refractivity (Wildman–Crippen MR) is 119 cm³/mol. The van der Waals surface area contributed by atoms with Crippen molar-refractivity contribution in [2.45, 2.75) is 89.6 Å². The van der Waals surface area contributed by atoms with Crippen molar-refractivity contribution in [3.05, 3.63) is 47.5 Å². The van der Waals surface area contributed by atoms with Crippen LogP contribution in [-0.2, 0) is 6.04 Å². The van der Waals surface area contributed by atoms with E-state index in [-0.39, 0.29) is 9.52 Å². The molecule has 0 spiro atoms. The summed E-state index contributed by atoms with van der Waals surface area (Å²) in [6, 6.07) is 11.1. The van der Waals surface area contributed by atoms with E-state index < -0.39 is 0 Å². The molecule has 1 aromatic rings. The molecule has 3 rings (SSSR count). The van der Waals surface area contributed by atoms with Crippen LogP contribution in [-0.4, -0.2) is 9.52 Å². The molecule has 0 atom stereocenters. The molecule has 0 aromatic heterocycles. The first kappa shape index (κ1) is 19.9. The molecule has 0 heterocycles. The van der Waals surface area contributed by atoms with Crippen LogP contribution in [0.2, 0.25) is 6.55 Å². The Balaban J connectivity index is 1.41. The van der Waals surface area contributed by atoms with Crippen molar-refractivity contribution in [3.63, 3.8) is 0 Å². The Morgan fingerprint density at radius 2 is 1.50 bits per heavy atom. The van der Waals surface area contributed by atoms with E-state index in [1.54, 1.807) is 11.1 Å². The molecule has 1 heteroatoms. The van der Waals surface area contributed by atoms with Gasteiger partial charge in [0.25, 0.3) is 0 Å². The highest BCUT2D eigenvalue weighted by atomic mass is 28.2. The Labute approximate surface area is 164 Å². The van der Waals surface area contributed by atoms with Crippen LogP contribution in [0.5, 0.6) is 0 Å². The SMILES string of the molecule is CC=CCCC1CCC(C2CCC(c3ccc(C[SiH2]C)cc3)CC2)CC1. The van der Waals surface area contributed by atoms with Crippen molar-refractivity contribution >= 4 is 9.52 Å². The van der Waals surface area contributed by atoms with Crippen LogP contribution in [0.25, 0.3) is 0 Å². The number of benzene rings is 1. The topological polar surface area (TPSA) is 0 Å². The van der Waals surface area contributed by atoms with Crippen molar-refractivity contribution in [1.29, 1.82) is 0 Å². The summed E-state index contributed by atoms with van der Waals surface area (Å²) in [5.41, 5.74) is 3.19. The number of rotatable bonds is 7. The summed E-state index contributed by atoms with van der Waals surface area (Å²) < 4.78 is 0. The average Bonchev–Trinajstić information content (AvgIpc) is 2.70. The summed E-state index contributed by atoms with van der Waals surface area (Å²) in [7, 11) is 0.148. The minimum absolute atomic E-state index is 0.148. The lowest BCUT2D eigenvalue weighted by molar-refractivity contribution is 0.157. The maximum atomic E-state index is 2.44. The third-order valence-electron chi connectivity index (χ3n) is 7.30. The van der Waals surface area contributed by atoms with Crippen LogP contribution < -0.4 is 0 Å². The van der Waals surface area contributed by atoms with Crippen molar-refractivity contribution in [1.82, 2.24) is 0 Å². The first-order chi connectivity index (χ1) is 12.8. The van der Waals surface area contributed by atoms with E-state index in [0.29, 0.717) is 0 Å².